The fourth-order valence-corrected chi connectivity index (χ4v) is 0.663. The van der Waals surface area contributed by atoms with Gasteiger partial charge in [-0.05, 0) is 5.41 Å². The Morgan fingerprint density at radius 1 is 1.17 bits per heavy atom. The van der Waals surface area contributed by atoms with E-state index in [1.807, 2.05) is 0 Å². The minimum absolute atomic E-state index is 0.248. The first-order chi connectivity index (χ1) is 5.56. The molecule has 0 N–H and O–H groups in total. The van der Waals surface area contributed by atoms with Gasteiger partial charge in [0.05, 0.1) is 26.4 Å². The zero-order valence-corrected chi connectivity index (χ0v) is 8.43. The van der Waals surface area contributed by atoms with Gasteiger partial charge in [-0.3, -0.25) is 0 Å². The van der Waals surface area contributed by atoms with Gasteiger partial charge in [0.15, 0.2) is 0 Å². The van der Waals surface area contributed by atoms with Crippen LogP contribution in [0.4, 0.5) is 0 Å². The van der Waals surface area contributed by atoms with Crippen LogP contribution >= 0.6 is 0 Å². The highest BCUT2D eigenvalue weighted by atomic mass is 16.5. The highest BCUT2D eigenvalue weighted by Gasteiger charge is 2.09. The van der Waals surface area contributed by atoms with Crippen molar-refractivity contribution in [1.29, 1.82) is 0 Å². The summed E-state index contributed by atoms with van der Waals surface area (Å²) in [6.07, 6.45) is 1.74. The summed E-state index contributed by atoms with van der Waals surface area (Å²) in [6, 6.07) is 0. The zero-order chi connectivity index (χ0) is 9.45. The van der Waals surface area contributed by atoms with E-state index in [1.165, 1.54) is 0 Å². The summed E-state index contributed by atoms with van der Waals surface area (Å²) in [4.78, 5) is 0. The number of hydrogen-bond donors (Lipinski definition) is 0. The largest absolute Gasteiger partial charge is 0.379 e. The molecule has 0 radical (unpaired) electrons. The van der Waals surface area contributed by atoms with Gasteiger partial charge >= 0.3 is 0 Å². The summed E-state index contributed by atoms with van der Waals surface area (Å²) >= 11 is 0. The third-order valence-corrected chi connectivity index (χ3v) is 1.14. The van der Waals surface area contributed by atoms with Crippen LogP contribution in [0.3, 0.4) is 0 Å². The SMILES string of the molecule is C=CCOCCOCC(C)(C)C. The molecule has 0 spiro atoms. The minimum atomic E-state index is 0.248. The monoisotopic (exact) mass is 172 g/mol. The third kappa shape index (κ3) is 9.66. The molecule has 2 heteroatoms. The Morgan fingerprint density at radius 2 is 1.75 bits per heavy atom. The topological polar surface area (TPSA) is 18.5 Å². The van der Waals surface area contributed by atoms with Crippen molar-refractivity contribution in [2.24, 2.45) is 5.41 Å². The fraction of sp³-hybridized carbons (Fsp3) is 0.800. The third-order valence-electron chi connectivity index (χ3n) is 1.14. The van der Waals surface area contributed by atoms with Gasteiger partial charge in [0.25, 0.3) is 0 Å². The summed E-state index contributed by atoms with van der Waals surface area (Å²) in [5.74, 6) is 0. The summed E-state index contributed by atoms with van der Waals surface area (Å²) in [6.45, 7) is 12.7. The number of hydrogen-bond acceptors (Lipinski definition) is 2. The molecule has 0 aliphatic rings. The summed E-state index contributed by atoms with van der Waals surface area (Å²) in [5.41, 5.74) is 0.248. The van der Waals surface area contributed by atoms with E-state index in [1.54, 1.807) is 6.08 Å². The first-order valence-electron chi connectivity index (χ1n) is 4.32. The van der Waals surface area contributed by atoms with Crippen molar-refractivity contribution in [3.63, 3.8) is 0 Å². The molecular weight excluding hydrogens is 152 g/mol. The molecule has 0 saturated carbocycles. The van der Waals surface area contributed by atoms with Gasteiger partial charge in [0, 0.05) is 0 Å². The highest BCUT2D eigenvalue weighted by molar-refractivity contribution is 4.63. The van der Waals surface area contributed by atoms with E-state index in [9.17, 15) is 0 Å². The molecule has 0 aliphatic heterocycles. The van der Waals surface area contributed by atoms with Crippen molar-refractivity contribution in [2.75, 3.05) is 26.4 Å². The molecule has 0 rings (SSSR count). The molecule has 0 amide bonds. The van der Waals surface area contributed by atoms with Crippen LogP contribution in [0, 0.1) is 5.41 Å². The van der Waals surface area contributed by atoms with Crippen LogP contribution in [0.15, 0.2) is 12.7 Å². The smallest absolute Gasteiger partial charge is 0.0704 e. The fourth-order valence-electron chi connectivity index (χ4n) is 0.663. The van der Waals surface area contributed by atoms with Crippen molar-refractivity contribution < 1.29 is 9.47 Å². The van der Waals surface area contributed by atoms with Crippen LogP contribution in [0.2, 0.25) is 0 Å². The van der Waals surface area contributed by atoms with Crippen LogP contribution in [-0.4, -0.2) is 26.4 Å². The number of ether oxygens (including phenoxy) is 2. The number of rotatable bonds is 6. The Labute approximate surface area is 75.6 Å². The zero-order valence-electron chi connectivity index (χ0n) is 8.43. The van der Waals surface area contributed by atoms with Crippen LogP contribution in [0.25, 0.3) is 0 Å². The molecular formula is C10H20O2. The predicted molar refractivity (Wildman–Crippen MR) is 51.3 cm³/mol. The predicted octanol–water partition coefficient (Wildman–Crippen LogP) is 2.25. The maximum Gasteiger partial charge on any atom is 0.0704 e. The molecule has 0 fully saturated rings. The van der Waals surface area contributed by atoms with Gasteiger partial charge in [-0.15, -0.1) is 6.58 Å². The molecule has 2 nitrogen and oxygen atoms in total. The van der Waals surface area contributed by atoms with Crippen molar-refractivity contribution in [2.45, 2.75) is 20.8 Å². The summed E-state index contributed by atoms with van der Waals surface area (Å²) < 4.78 is 10.5. The van der Waals surface area contributed by atoms with Gasteiger partial charge in [0.1, 0.15) is 0 Å². The maximum absolute atomic E-state index is 5.39. The van der Waals surface area contributed by atoms with E-state index >= 15 is 0 Å². The second kappa shape index (κ2) is 6.21. The molecule has 0 aliphatic carbocycles. The lowest BCUT2D eigenvalue weighted by atomic mass is 9.99. The molecule has 0 heterocycles. The lowest BCUT2D eigenvalue weighted by Gasteiger charge is -2.17. The minimum Gasteiger partial charge on any atom is -0.379 e. The molecule has 0 aromatic rings. The standard InChI is InChI=1S/C10H20O2/c1-5-6-11-7-8-12-9-10(2,3)4/h5H,1,6-9H2,2-4H3. The summed E-state index contributed by atoms with van der Waals surface area (Å²) in [7, 11) is 0. The van der Waals surface area contributed by atoms with Gasteiger partial charge in [-0.2, -0.15) is 0 Å². The quantitative estimate of drug-likeness (QED) is 0.452. The lowest BCUT2D eigenvalue weighted by Crippen LogP contribution is -2.16. The van der Waals surface area contributed by atoms with Crippen LogP contribution in [0.5, 0.6) is 0 Å². The molecule has 0 aromatic heterocycles. The Bertz CT molecular complexity index is 113. The van der Waals surface area contributed by atoms with E-state index in [2.05, 4.69) is 27.4 Å². The first-order valence-corrected chi connectivity index (χ1v) is 4.32. The Morgan fingerprint density at radius 3 is 2.25 bits per heavy atom. The molecule has 0 atom stereocenters. The molecule has 12 heavy (non-hydrogen) atoms. The van der Waals surface area contributed by atoms with Crippen LogP contribution in [-0.2, 0) is 9.47 Å². The van der Waals surface area contributed by atoms with Gasteiger partial charge < -0.3 is 9.47 Å². The van der Waals surface area contributed by atoms with Gasteiger partial charge in [-0.25, -0.2) is 0 Å². The van der Waals surface area contributed by atoms with Crippen LogP contribution in [0.1, 0.15) is 20.8 Å². The van der Waals surface area contributed by atoms with E-state index in [4.69, 9.17) is 9.47 Å². The molecule has 0 saturated heterocycles. The molecule has 0 aromatic carbocycles. The average molecular weight is 172 g/mol. The average Bonchev–Trinajstić information content (AvgIpc) is 1.94. The Hall–Kier alpha value is -0.340. The van der Waals surface area contributed by atoms with E-state index in [0.717, 1.165) is 6.61 Å². The van der Waals surface area contributed by atoms with Crippen molar-refractivity contribution >= 4 is 0 Å². The second-order valence-electron chi connectivity index (χ2n) is 3.98. The molecule has 72 valence electrons. The van der Waals surface area contributed by atoms with E-state index in [0.29, 0.717) is 19.8 Å². The van der Waals surface area contributed by atoms with Crippen molar-refractivity contribution in [1.82, 2.24) is 0 Å². The first kappa shape index (κ1) is 11.7. The molecule has 0 unspecified atom stereocenters. The van der Waals surface area contributed by atoms with Crippen molar-refractivity contribution in [3.8, 4) is 0 Å². The summed E-state index contributed by atoms with van der Waals surface area (Å²) in [5, 5.41) is 0. The Balaban J connectivity index is 3.06. The van der Waals surface area contributed by atoms with E-state index in [-0.39, 0.29) is 5.41 Å². The lowest BCUT2D eigenvalue weighted by molar-refractivity contribution is 0.0262. The highest BCUT2D eigenvalue weighted by Crippen LogP contribution is 2.12. The van der Waals surface area contributed by atoms with E-state index < -0.39 is 0 Å². The van der Waals surface area contributed by atoms with Gasteiger partial charge in [-0.1, -0.05) is 26.8 Å². The molecule has 0 bridgehead atoms. The Kier molecular flexibility index (Phi) is 6.03. The normalized spacial score (nSPS) is 11.6. The van der Waals surface area contributed by atoms with Gasteiger partial charge in [0.2, 0.25) is 0 Å². The second-order valence-corrected chi connectivity index (χ2v) is 3.98. The van der Waals surface area contributed by atoms with Crippen molar-refractivity contribution in [3.05, 3.63) is 12.7 Å². The van der Waals surface area contributed by atoms with Crippen LogP contribution < -0.4 is 0 Å². The maximum atomic E-state index is 5.39.